The summed E-state index contributed by atoms with van der Waals surface area (Å²) in [6, 6.07) is 17.7. The highest BCUT2D eigenvalue weighted by molar-refractivity contribution is 7.17. The van der Waals surface area contributed by atoms with E-state index in [1.807, 2.05) is 36.4 Å². The fraction of sp³-hybridized carbons (Fsp3) is 0.219. The molecule has 6 rings (SSSR count). The summed E-state index contributed by atoms with van der Waals surface area (Å²) in [4.78, 5) is 37.1. The summed E-state index contributed by atoms with van der Waals surface area (Å²) in [7, 11) is 0. The van der Waals surface area contributed by atoms with Gasteiger partial charge in [-0.3, -0.25) is 9.59 Å². The van der Waals surface area contributed by atoms with E-state index < -0.39 is 5.82 Å². The van der Waals surface area contributed by atoms with Gasteiger partial charge in [-0.15, -0.1) is 17.8 Å². The number of nitrogens with zero attached hydrogens (tertiary/aromatic N) is 3. The number of para-hydroxylation sites is 1. The van der Waals surface area contributed by atoms with E-state index in [1.54, 1.807) is 30.0 Å². The Hall–Kier alpha value is -4.48. The van der Waals surface area contributed by atoms with Crippen molar-refractivity contribution in [3.63, 3.8) is 0 Å². The van der Waals surface area contributed by atoms with E-state index >= 15 is 0 Å². The van der Waals surface area contributed by atoms with E-state index in [2.05, 4.69) is 16.1 Å². The zero-order chi connectivity index (χ0) is 27.8. The molecule has 2 aliphatic rings. The molecular formula is C32H27FN4O2S. The minimum atomic E-state index is -0.477. The minimum Gasteiger partial charge on any atom is -0.357 e. The van der Waals surface area contributed by atoms with Gasteiger partial charge in [0.05, 0.1) is 16.3 Å². The number of anilines is 3. The summed E-state index contributed by atoms with van der Waals surface area (Å²) >= 11 is 1.33. The number of hydrogen-bond donors (Lipinski definition) is 1. The van der Waals surface area contributed by atoms with Gasteiger partial charge < -0.3 is 15.1 Å². The van der Waals surface area contributed by atoms with Gasteiger partial charge in [-0.1, -0.05) is 30.2 Å². The number of nitrogens with one attached hydrogen (secondary N) is 1. The molecule has 0 spiro atoms. The number of hydrogen-bond acceptors (Lipinski definition) is 5. The molecule has 1 N–H and O–H groups in total. The summed E-state index contributed by atoms with van der Waals surface area (Å²) in [5, 5.41) is 2.73. The molecule has 8 heteroatoms. The molecule has 2 aromatic heterocycles. The number of fused-ring (bicyclic) bond motifs is 3. The van der Waals surface area contributed by atoms with Gasteiger partial charge in [0.1, 0.15) is 17.3 Å². The average molecular weight is 551 g/mol. The van der Waals surface area contributed by atoms with Crippen molar-refractivity contribution >= 4 is 40.3 Å². The number of thiophene rings is 1. The van der Waals surface area contributed by atoms with Crippen molar-refractivity contribution in [1.82, 2.24) is 4.98 Å². The van der Waals surface area contributed by atoms with Crippen molar-refractivity contribution < 1.29 is 14.0 Å². The Labute approximate surface area is 236 Å². The number of pyridine rings is 1. The number of halogens is 1. The SMILES string of the molecule is C#Cc1ccc2c(c1)N(C(=O)c1cccc(N3CCCC3)n1)CCc1cc(C(=O)Nc3c(C)cccc3F)sc1-2. The van der Waals surface area contributed by atoms with Crippen LogP contribution in [0.1, 0.15) is 49.7 Å². The van der Waals surface area contributed by atoms with E-state index in [-0.39, 0.29) is 17.5 Å². The number of carbonyl (C=O) groups excluding carboxylic acids is 2. The standard InChI is InChI=1S/C32H27FN4O2S/c1-3-21-12-13-23-26(18-21)37(32(39)25-10-7-11-28(34-25)36-15-4-5-16-36)17-14-22-19-27(40-30(22)23)31(38)35-29-20(2)8-6-9-24(29)33/h1,6-13,18-19H,4-5,14-17H2,2H3,(H,35,38). The molecule has 2 aromatic carbocycles. The zero-order valence-electron chi connectivity index (χ0n) is 22.0. The number of rotatable bonds is 4. The van der Waals surface area contributed by atoms with E-state index in [4.69, 9.17) is 11.4 Å². The van der Waals surface area contributed by atoms with Gasteiger partial charge >= 0.3 is 0 Å². The topological polar surface area (TPSA) is 65.5 Å². The first-order chi connectivity index (χ1) is 19.4. The third-order valence-corrected chi connectivity index (χ3v) is 8.64. The van der Waals surface area contributed by atoms with E-state index in [1.165, 1.54) is 17.4 Å². The monoisotopic (exact) mass is 550 g/mol. The fourth-order valence-corrected chi connectivity index (χ4v) is 6.46. The molecule has 200 valence electrons. The van der Waals surface area contributed by atoms with Crippen LogP contribution in [0.2, 0.25) is 0 Å². The highest BCUT2D eigenvalue weighted by atomic mass is 32.1. The maximum atomic E-state index is 14.4. The summed E-state index contributed by atoms with van der Waals surface area (Å²) in [5.74, 6) is 2.44. The Balaban J connectivity index is 1.35. The highest BCUT2D eigenvalue weighted by Gasteiger charge is 2.29. The van der Waals surface area contributed by atoms with Crippen LogP contribution in [0.5, 0.6) is 0 Å². The lowest BCUT2D eigenvalue weighted by Crippen LogP contribution is -2.33. The number of benzene rings is 2. The molecule has 0 radical (unpaired) electrons. The summed E-state index contributed by atoms with van der Waals surface area (Å²) in [6.07, 6.45) is 8.51. The van der Waals surface area contributed by atoms with Crippen LogP contribution in [0.25, 0.3) is 10.4 Å². The highest BCUT2D eigenvalue weighted by Crippen LogP contribution is 2.42. The first-order valence-corrected chi connectivity index (χ1v) is 14.1. The van der Waals surface area contributed by atoms with E-state index in [0.717, 1.165) is 47.8 Å². The van der Waals surface area contributed by atoms with Gasteiger partial charge in [0.25, 0.3) is 11.8 Å². The second-order valence-corrected chi connectivity index (χ2v) is 11.1. The minimum absolute atomic E-state index is 0.176. The summed E-state index contributed by atoms with van der Waals surface area (Å²) in [5.41, 5.74) is 4.32. The predicted octanol–water partition coefficient (Wildman–Crippen LogP) is 6.29. The van der Waals surface area contributed by atoms with Gasteiger partial charge in [-0.2, -0.15) is 0 Å². The average Bonchev–Trinajstić information content (AvgIpc) is 3.63. The molecule has 4 heterocycles. The van der Waals surface area contributed by atoms with Gasteiger partial charge in [0.15, 0.2) is 0 Å². The van der Waals surface area contributed by atoms with Crippen molar-refractivity contribution in [3.8, 4) is 22.8 Å². The Morgan fingerprint density at radius 2 is 1.85 bits per heavy atom. The molecule has 40 heavy (non-hydrogen) atoms. The normalized spacial score (nSPS) is 14.2. The summed E-state index contributed by atoms with van der Waals surface area (Å²) in [6.45, 7) is 4.03. The van der Waals surface area contributed by atoms with E-state index in [0.29, 0.717) is 40.4 Å². The molecule has 0 bridgehead atoms. The number of amides is 2. The second kappa shape index (κ2) is 10.6. The summed E-state index contributed by atoms with van der Waals surface area (Å²) < 4.78 is 14.4. The Kier molecular flexibility index (Phi) is 6.82. The fourth-order valence-electron chi connectivity index (χ4n) is 5.32. The van der Waals surface area contributed by atoms with Gasteiger partial charge in [0.2, 0.25) is 0 Å². The molecule has 6 nitrogen and oxygen atoms in total. The van der Waals surface area contributed by atoms with Crippen LogP contribution < -0.4 is 15.1 Å². The predicted molar refractivity (Wildman–Crippen MR) is 158 cm³/mol. The van der Waals surface area contributed by atoms with Crippen molar-refractivity contribution in [1.29, 1.82) is 0 Å². The van der Waals surface area contributed by atoms with E-state index in [9.17, 15) is 14.0 Å². The van der Waals surface area contributed by atoms with Crippen molar-refractivity contribution in [2.75, 3.05) is 34.8 Å². The molecule has 2 aliphatic heterocycles. The number of aromatic nitrogens is 1. The van der Waals surface area contributed by atoms with Crippen LogP contribution >= 0.6 is 11.3 Å². The molecule has 0 unspecified atom stereocenters. The second-order valence-electron chi connectivity index (χ2n) is 10.0. The third kappa shape index (κ3) is 4.74. The molecule has 0 saturated carbocycles. The molecule has 2 amide bonds. The smallest absolute Gasteiger partial charge is 0.276 e. The van der Waals surface area contributed by atoms with Crippen molar-refractivity contribution in [2.45, 2.75) is 26.2 Å². The van der Waals surface area contributed by atoms with Crippen LogP contribution in [0.3, 0.4) is 0 Å². The van der Waals surface area contributed by atoms with Crippen LogP contribution in [0.15, 0.2) is 60.7 Å². The Bertz CT molecular complexity index is 1660. The molecule has 4 aromatic rings. The molecule has 0 atom stereocenters. The lowest BCUT2D eigenvalue weighted by molar-refractivity contribution is 0.0981. The van der Waals surface area contributed by atoms with Gasteiger partial charge in [-0.05, 0) is 73.7 Å². The first kappa shape index (κ1) is 25.8. The quantitative estimate of drug-likeness (QED) is 0.303. The Morgan fingerprint density at radius 1 is 1.05 bits per heavy atom. The number of carbonyl (C=O) groups is 2. The molecule has 1 saturated heterocycles. The number of aryl methyl sites for hydroxylation is 1. The van der Waals surface area contributed by atoms with Crippen LogP contribution in [0.4, 0.5) is 21.6 Å². The molecule has 1 fully saturated rings. The maximum Gasteiger partial charge on any atom is 0.276 e. The zero-order valence-corrected chi connectivity index (χ0v) is 22.9. The van der Waals surface area contributed by atoms with Gasteiger partial charge in [-0.25, -0.2) is 9.37 Å². The molecule has 0 aliphatic carbocycles. The van der Waals surface area contributed by atoms with Crippen LogP contribution in [-0.2, 0) is 6.42 Å². The lowest BCUT2D eigenvalue weighted by atomic mass is 10.0. The number of terminal acetylenes is 1. The van der Waals surface area contributed by atoms with Crippen LogP contribution in [-0.4, -0.2) is 36.4 Å². The molecular weight excluding hydrogens is 523 g/mol. The maximum absolute atomic E-state index is 14.4. The third-order valence-electron chi connectivity index (χ3n) is 7.43. The lowest BCUT2D eigenvalue weighted by Gasteiger charge is -2.24. The van der Waals surface area contributed by atoms with Gasteiger partial charge in [0, 0.05) is 35.6 Å². The van der Waals surface area contributed by atoms with Crippen LogP contribution in [0, 0.1) is 25.1 Å². The first-order valence-electron chi connectivity index (χ1n) is 13.3. The van der Waals surface area contributed by atoms with Crippen molar-refractivity contribution in [2.24, 2.45) is 0 Å². The largest absolute Gasteiger partial charge is 0.357 e. The van der Waals surface area contributed by atoms with Crippen molar-refractivity contribution in [3.05, 3.63) is 93.7 Å². The Morgan fingerprint density at radius 3 is 2.62 bits per heavy atom.